The topological polar surface area (TPSA) is 56.7 Å². The average Bonchev–Trinajstić information content (AvgIpc) is 3.80. The monoisotopic (exact) mass is 690 g/mol. The van der Waals surface area contributed by atoms with Gasteiger partial charge in [-0.1, -0.05) is 146 Å². The van der Waals surface area contributed by atoms with Crippen LogP contribution in [0.25, 0.3) is 105 Å². The van der Waals surface area contributed by atoms with Crippen molar-refractivity contribution in [3.05, 3.63) is 182 Å². The maximum atomic E-state index is 6.69. The fourth-order valence-electron chi connectivity index (χ4n) is 8.02. The minimum atomic E-state index is 0.600. The standard InChI is InChI=1S/C49H30N4O/c1-4-15-31(16-5-1)40-30-41-36-22-12-13-25-42(36)53(46(41)37-23-11-10-21-35(37)40)34-27-28-38-44(29-34)54-43-26-14-24-39(45(38)43)49-51-47(32-17-6-2-7-18-32)50-48(52-49)33-19-8-3-9-20-33/h1-30H. The van der Waals surface area contributed by atoms with Gasteiger partial charge in [0.1, 0.15) is 11.2 Å². The van der Waals surface area contributed by atoms with Gasteiger partial charge in [-0.3, -0.25) is 0 Å². The lowest BCUT2D eigenvalue weighted by Crippen LogP contribution is -2.00. The summed E-state index contributed by atoms with van der Waals surface area (Å²) in [6.07, 6.45) is 0. The predicted octanol–water partition coefficient (Wildman–Crippen LogP) is 12.7. The quantitative estimate of drug-likeness (QED) is 0.180. The predicted molar refractivity (Wildman–Crippen MR) is 221 cm³/mol. The van der Waals surface area contributed by atoms with Crippen LogP contribution in [0.1, 0.15) is 0 Å². The highest BCUT2D eigenvalue weighted by atomic mass is 16.3. The van der Waals surface area contributed by atoms with Crippen LogP contribution in [0.4, 0.5) is 0 Å². The molecule has 0 amide bonds. The maximum absolute atomic E-state index is 6.69. The van der Waals surface area contributed by atoms with Gasteiger partial charge in [0.25, 0.3) is 0 Å². The van der Waals surface area contributed by atoms with E-state index in [1.54, 1.807) is 0 Å². The molecule has 5 nitrogen and oxygen atoms in total. The number of benzene rings is 8. The van der Waals surface area contributed by atoms with Gasteiger partial charge in [0.15, 0.2) is 17.5 Å². The van der Waals surface area contributed by atoms with Crippen molar-refractivity contribution in [1.29, 1.82) is 0 Å². The number of para-hydroxylation sites is 1. The SMILES string of the molecule is c1ccc(-c2nc(-c3ccccc3)nc(-c3cccc4oc5cc(-n6c7ccccc7c7cc(-c8ccccc8)c8ccccc8c76)ccc5c34)n2)cc1. The molecule has 0 fully saturated rings. The molecule has 0 radical (unpaired) electrons. The molecule has 0 N–H and O–H groups in total. The molecule has 252 valence electrons. The molecular weight excluding hydrogens is 661 g/mol. The largest absolute Gasteiger partial charge is 0.456 e. The van der Waals surface area contributed by atoms with Gasteiger partial charge >= 0.3 is 0 Å². The molecule has 3 aromatic heterocycles. The zero-order chi connectivity index (χ0) is 35.6. The summed E-state index contributed by atoms with van der Waals surface area (Å²) in [4.78, 5) is 15.0. The van der Waals surface area contributed by atoms with Crippen LogP contribution in [-0.4, -0.2) is 19.5 Å². The molecule has 11 aromatic rings. The highest BCUT2D eigenvalue weighted by molar-refractivity contribution is 6.22. The Morgan fingerprint density at radius 1 is 0.370 bits per heavy atom. The normalized spacial score (nSPS) is 11.7. The van der Waals surface area contributed by atoms with E-state index in [9.17, 15) is 0 Å². The number of rotatable bonds is 5. The Bertz CT molecular complexity index is 3140. The van der Waals surface area contributed by atoms with Crippen molar-refractivity contribution in [3.63, 3.8) is 0 Å². The van der Waals surface area contributed by atoms with Gasteiger partial charge in [-0.15, -0.1) is 0 Å². The van der Waals surface area contributed by atoms with Gasteiger partial charge in [-0.2, -0.15) is 0 Å². The fraction of sp³-hybridized carbons (Fsp3) is 0. The molecule has 0 saturated heterocycles. The van der Waals surface area contributed by atoms with E-state index in [2.05, 4.69) is 114 Å². The summed E-state index contributed by atoms with van der Waals surface area (Å²) in [5, 5.41) is 6.83. The third kappa shape index (κ3) is 4.76. The molecule has 0 bridgehead atoms. The van der Waals surface area contributed by atoms with Crippen molar-refractivity contribution in [3.8, 4) is 51.0 Å². The highest BCUT2D eigenvalue weighted by Gasteiger charge is 2.21. The Balaban J connectivity index is 1.14. The smallest absolute Gasteiger partial charge is 0.164 e. The molecule has 0 saturated carbocycles. The van der Waals surface area contributed by atoms with Crippen molar-refractivity contribution in [2.75, 3.05) is 0 Å². The van der Waals surface area contributed by atoms with Gasteiger partial charge in [0, 0.05) is 55.4 Å². The lowest BCUT2D eigenvalue weighted by atomic mass is 9.95. The summed E-state index contributed by atoms with van der Waals surface area (Å²) in [7, 11) is 0. The average molecular weight is 691 g/mol. The zero-order valence-corrected chi connectivity index (χ0v) is 29.0. The van der Waals surface area contributed by atoms with Crippen LogP contribution in [0, 0.1) is 0 Å². The van der Waals surface area contributed by atoms with Crippen LogP contribution in [-0.2, 0) is 0 Å². The summed E-state index contributed by atoms with van der Waals surface area (Å²) < 4.78 is 9.08. The summed E-state index contributed by atoms with van der Waals surface area (Å²) in [6, 6.07) is 63.3. The summed E-state index contributed by atoms with van der Waals surface area (Å²) in [5.74, 6) is 1.85. The number of nitrogens with zero attached hydrogens (tertiary/aromatic N) is 4. The molecule has 54 heavy (non-hydrogen) atoms. The minimum absolute atomic E-state index is 0.600. The van der Waals surface area contributed by atoms with E-state index in [0.29, 0.717) is 17.5 Å². The summed E-state index contributed by atoms with van der Waals surface area (Å²) in [5.41, 5.74) is 10.1. The van der Waals surface area contributed by atoms with Crippen molar-refractivity contribution >= 4 is 54.5 Å². The van der Waals surface area contributed by atoms with Crippen LogP contribution in [0.3, 0.4) is 0 Å². The highest BCUT2D eigenvalue weighted by Crippen LogP contribution is 2.43. The van der Waals surface area contributed by atoms with Crippen molar-refractivity contribution in [2.45, 2.75) is 0 Å². The van der Waals surface area contributed by atoms with Gasteiger partial charge < -0.3 is 8.98 Å². The third-order valence-electron chi connectivity index (χ3n) is 10.4. The number of hydrogen-bond acceptors (Lipinski definition) is 4. The first kappa shape index (κ1) is 30.3. The first-order valence-corrected chi connectivity index (χ1v) is 18.1. The molecule has 0 aliphatic carbocycles. The first-order valence-electron chi connectivity index (χ1n) is 18.1. The molecule has 0 atom stereocenters. The lowest BCUT2D eigenvalue weighted by Gasteiger charge is -2.13. The molecule has 11 rings (SSSR count). The molecular formula is C49H30N4O. The number of furan rings is 1. The van der Waals surface area contributed by atoms with Crippen LogP contribution in [0.2, 0.25) is 0 Å². The molecule has 5 heteroatoms. The van der Waals surface area contributed by atoms with E-state index in [0.717, 1.165) is 49.8 Å². The molecule has 0 aliphatic rings. The fourth-order valence-corrected chi connectivity index (χ4v) is 8.02. The number of hydrogen-bond donors (Lipinski definition) is 0. The van der Waals surface area contributed by atoms with Crippen LogP contribution >= 0.6 is 0 Å². The van der Waals surface area contributed by atoms with Gasteiger partial charge in [0.05, 0.1) is 11.0 Å². The second-order valence-corrected chi connectivity index (χ2v) is 13.6. The van der Waals surface area contributed by atoms with E-state index in [-0.39, 0.29) is 0 Å². The zero-order valence-electron chi connectivity index (χ0n) is 29.0. The number of aromatic nitrogens is 4. The Hall–Kier alpha value is -7.37. The Morgan fingerprint density at radius 2 is 0.963 bits per heavy atom. The molecule has 0 aliphatic heterocycles. The van der Waals surface area contributed by atoms with E-state index in [1.165, 1.54) is 38.2 Å². The minimum Gasteiger partial charge on any atom is -0.456 e. The van der Waals surface area contributed by atoms with E-state index in [4.69, 9.17) is 19.4 Å². The number of fused-ring (bicyclic) bond motifs is 8. The van der Waals surface area contributed by atoms with Crippen molar-refractivity contribution in [2.24, 2.45) is 0 Å². The van der Waals surface area contributed by atoms with Crippen LogP contribution < -0.4 is 0 Å². The molecule has 8 aromatic carbocycles. The molecule has 3 heterocycles. The second-order valence-electron chi connectivity index (χ2n) is 13.6. The summed E-state index contributed by atoms with van der Waals surface area (Å²) >= 11 is 0. The van der Waals surface area contributed by atoms with E-state index < -0.39 is 0 Å². The Labute approximate surface area is 310 Å². The van der Waals surface area contributed by atoms with Crippen LogP contribution in [0.15, 0.2) is 186 Å². The maximum Gasteiger partial charge on any atom is 0.164 e. The summed E-state index contributed by atoms with van der Waals surface area (Å²) in [6.45, 7) is 0. The van der Waals surface area contributed by atoms with Gasteiger partial charge in [0.2, 0.25) is 0 Å². The van der Waals surface area contributed by atoms with Gasteiger partial charge in [-0.05, 0) is 46.8 Å². The molecule has 0 unspecified atom stereocenters. The van der Waals surface area contributed by atoms with Crippen molar-refractivity contribution in [1.82, 2.24) is 19.5 Å². The third-order valence-corrected chi connectivity index (χ3v) is 10.4. The Morgan fingerprint density at radius 3 is 1.67 bits per heavy atom. The lowest BCUT2D eigenvalue weighted by molar-refractivity contribution is 0.668. The Kier molecular flexibility index (Phi) is 6.79. The second kappa shape index (κ2) is 12.1. The first-order chi connectivity index (χ1) is 26.8. The van der Waals surface area contributed by atoms with Gasteiger partial charge in [-0.25, -0.2) is 15.0 Å². The van der Waals surface area contributed by atoms with E-state index >= 15 is 0 Å². The van der Waals surface area contributed by atoms with Crippen molar-refractivity contribution < 1.29 is 4.42 Å². The van der Waals surface area contributed by atoms with Crippen LogP contribution in [0.5, 0.6) is 0 Å². The van der Waals surface area contributed by atoms with E-state index in [1.807, 2.05) is 72.8 Å². The molecule has 0 spiro atoms.